The van der Waals surface area contributed by atoms with Crippen LogP contribution in [0.4, 0.5) is 0 Å². The lowest BCUT2D eigenvalue weighted by molar-refractivity contribution is 0.413. The minimum absolute atomic E-state index is 0.268. The van der Waals surface area contributed by atoms with E-state index in [1.165, 1.54) is 16.8 Å². The normalized spacial score (nSPS) is 12.4. The molecule has 0 fully saturated rings. The molecule has 2 aromatic rings. The van der Waals surface area contributed by atoms with Gasteiger partial charge in [0.05, 0.1) is 12.8 Å². The van der Waals surface area contributed by atoms with Crippen molar-refractivity contribution in [2.24, 2.45) is 7.05 Å². The molecule has 1 atom stereocenters. The van der Waals surface area contributed by atoms with Crippen molar-refractivity contribution in [3.05, 3.63) is 46.8 Å². The Morgan fingerprint density at radius 2 is 2.10 bits per heavy atom. The minimum atomic E-state index is 0.268. The lowest BCUT2D eigenvalue weighted by atomic mass is 10.1. The first-order valence-corrected chi connectivity index (χ1v) is 6.89. The van der Waals surface area contributed by atoms with E-state index in [0.717, 1.165) is 18.0 Å². The zero-order valence-corrected chi connectivity index (χ0v) is 12.9. The molecule has 4 nitrogen and oxygen atoms in total. The highest BCUT2D eigenvalue weighted by atomic mass is 16.5. The molecule has 0 amide bonds. The van der Waals surface area contributed by atoms with Crippen LogP contribution in [0, 0.1) is 13.8 Å². The second kappa shape index (κ2) is 6.09. The molecule has 20 heavy (non-hydrogen) atoms. The largest absolute Gasteiger partial charge is 0.497 e. The third-order valence-corrected chi connectivity index (χ3v) is 3.84. The van der Waals surface area contributed by atoms with Crippen LogP contribution >= 0.6 is 0 Å². The molecule has 0 aliphatic rings. The predicted octanol–water partition coefficient (Wildman–Crippen LogP) is 2.90. The topological polar surface area (TPSA) is 39.1 Å². The molecule has 1 heterocycles. The minimum Gasteiger partial charge on any atom is -0.497 e. The molecule has 0 saturated carbocycles. The van der Waals surface area contributed by atoms with Crippen LogP contribution in [0.3, 0.4) is 0 Å². The Hall–Kier alpha value is -1.81. The monoisotopic (exact) mass is 273 g/mol. The summed E-state index contributed by atoms with van der Waals surface area (Å²) in [5, 5.41) is 8.00. The highest BCUT2D eigenvalue weighted by Crippen LogP contribution is 2.20. The van der Waals surface area contributed by atoms with Gasteiger partial charge in [0, 0.05) is 30.9 Å². The van der Waals surface area contributed by atoms with Crippen LogP contribution in [-0.2, 0) is 13.6 Å². The third-order valence-electron chi connectivity index (χ3n) is 3.84. The highest BCUT2D eigenvalue weighted by molar-refractivity contribution is 5.30. The first kappa shape index (κ1) is 14.6. The second-order valence-corrected chi connectivity index (χ2v) is 5.15. The van der Waals surface area contributed by atoms with Gasteiger partial charge in [0.15, 0.2) is 0 Å². The third kappa shape index (κ3) is 3.02. The first-order valence-electron chi connectivity index (χ1n) is 6.89. The second-order valence-electron chi connectivity index (χ2n) is 5.15. The molecule has 0 unspecified atom stereocenters. The van der Waals surface area contributed by atoms with Crippen LogP contribution in [-0.4, -0.2) is 16.9 Å². The average Bonchev–Trinajstić information content (AvgIpc) is 2.70. The van der Waals surface area contributed by atoms with Crippen molar-refractivity contribution in [3.8, 4) is 5.75 Å². The van der Waals surface area contributed by atoms with Crippen molar-refractivity contribution in [1.82, 2.24) is 15.1 Å². The van der Waals surface area contributed by atoms with Gasteiger partial charge in [0.25, 0.3) is 0 Å². The first-order chi connectivity index (χ1) is 9.52. The highest BCUT2D eigenvalue weighted by Gasteiger charge is 2.11. The molecule has 1 aromatic heterocycles. The molecule has 1 aromatic carbocycles. The standard InChI is InChI=1S/C16H23N3O/c1-11(14-7-6-8-15(9-14)20-5)17-10-16-12(2)18-19(4)13(16)3/h6-9,11,17H,10H2,1-5H3/t11-/m1/s1. The lowest BCUT2D eigenvalue weighted by Crippen LogP contribution is -2.19. The fraction of sp³-hybridized carbons (Fsp3) is 0.438. The molecule has 0 saturated heterocycles. The Kier molecular flexibility index (Phi) is 4.45. The zero-order valence-electron chi connectivity index (χ0n) is 12.9. The van der Waals surface area contributed by atoms with E-state index in [2.05, 4.69) is 43.3 Å². The number of hydrogen-bond donors (Lipinski definition) is 1. The number of benzene rings is 1. The number of aromatic nitrogens is 2. The summed E-state index contributed by atoms with van der Waals surface area (Å²) < 4.78 is 7.20. The lowest BCUT2D eigenvalue weighted by Gasteiger charge is -2.15. The smallest absolute Gasteiger partial charge is 0.119 e. The van der Waals surface area contributed by atoms with E-state index in [1.807, 2.05) is 23.9 Å². The van der Waals surface area contributed by atoms with Gasteiger partial charge in [-0.25, -0.2) is 0 Å². The molecule has 0 bridgehead atoms. The molecular weight excluding hydrogens is 250 g/mol. The van der Waals surface area contributed by atoms with Gasteiger partial charge in [-0.2, -0.15) is 5.10 Å². The summed E-state index contributed by atoms with van der Waals surface area (Å²) in [5.74, 6) is 0.893. The van der Waals surface area contributed by atoms with E-state index in [-0.39, 0.29) is 6.04 Å². The van der Waals surface area contributed by atoms with Crippen LogP contribution in [0.15, 0.2) is 24.3 Å². The van der Waals surface area contributed by atoms with Crippen LogP contribution < -0.4 is 10.1 Å². The van der Waals surface area contributed by atoms with E-state index in [4.69, 9.17) is 4.74 Å². The molecular formula is C16H23N3O. The van der Waals surface area contributed by atoms with Gasteiger partial charge in [-0.3, -0.25) is 4.68 Å². The van der Waals surface area contributed by atoms with Crippen molar-refractivity contribution in [1.29, 1.82) is 0 Å². The molecule has 0 aliphatic carbocycles. The van der Waals surface area contributed by atoms with Crippen LogP contribution in [0.25, 0.3) is 0 Å². The van der Waals surface area contributed by atoms with Gasteiger partial charge in [-0.15, -0.1) is 0 Å². The Labute approximate surface area is 120 Å². The number of methoxy groups -OCH3 is 1. The van der Waals surface area contributed by atoms with Crippen molar-refractivity contribution in [3.63, 3.8) is 0 Å². The SMILES string of the molecule is COc1cccc([C@@H](C)NCc2c(C)nn(C)c2C)c1. The van der Waals surface area contributed by atoms with E-state index in [1.54, 1.807) is 7.11 Å². The van der Waals surface area contributed by atoms with Crippen molar-refractivity contribution in [2.45, 2.75) is 33.4 Å². The molecule has 2 rings (SSSR count). The van der Waals surface area contributed by atoms with Gasteiger partial charge < -0.3 is 10.1 Å². The van der Waals surface area contributed by atoms with Gasteiger partial charge in [0.2, 0.25) is 0 Å². The Morgan fingerprint density at radius 1 is 1.35 bits per heavy atom. The van der Waals surface area contributed by atoms with Gasteiger partial charge in [-0.1, -0.05) is 12.1 Å². The van der Waals surface area contributed by atoms with Gasteiger partial charge in [0.1, 0.15) is 5.75 Å². The fourth-order valence-corrected chi connectivity index (χ4v) is 2.36. The summed E-state index contributed by atoms with van der Waals surface area (Å²) in [6.07, 6.45) is 0. The summed E-state index contributed by atoms with van der Waals surface area (Å²) in [6, 6.07) is 8.44. The fourth-order valence-electron chi connectivity index (χ4n) is 2.36. The maximum atomic E-state index is 5.27. The molecule has 0 radical (unpaired) electrons. The zero-order chi connectivity index (χ0) is 14.7. The number of nitrogens with one attached hydrogen (secondary N) is 1. The van der Waals surface area contributed by atoms with Crippen LogP contribution in [0.5, 0.6) is 5.75 Å². The van der Waals surface area contributed by atoms with Crippen molar-refractivity contribution < 1.29 is 4.74 Å². The number of nitrogens with zero attached hydrogens (tertiary/aromatic N) is 2. The number of ether oxygens (including phenoxy) is 1. The van der Waals surface area contributed by atoms with E-state index >= 15 is 0 Å². The number of hydrogen-bond acceptors (Lipinski definition) is 3. The van der Waals surface area contributed by atoms with Gasteiger partial charge in [-0.05, 0) is 38.5 Å². The predicted molar refractivity (Wildman–Crippen MR) is 80.9 cm³/mol. The van der Waals surface area contributed by atoms with Crippen LogP contribution in [0.1, 0.15) is 35.5 Å². The Bertz CT molecular complexity index is 589. The molecule has 0 spiro atoms. The average molecular weight is 273 g/mol. The Morgan fingerprint density at radius 3 is 2.70 bits per heavy atom. The van der Waals surface area contributed by atoms with Gasteiger partial charge >= 0.3 is 0 Å². The summed E-state index contributed by atoms with van der Waals surface area (Å²) in [4.78, 5) is 0. The van der Waals surface area contributed by atoms with E-state index in [9.17, 15) is 0 Å². The summed E-state index contributed by atoms with van der Waals surface area (Å²) in [5.41, 5.74) is 4.81. The van der Waals surface area contributed by atoms with E-state index < -0.39 is 0 Å². The summed E-state index contributed by atoms with van der Waals surface area (Å²) in [7, 11) is 3.68. The number of rotatable bonds is 5. The molecule has 4 heteroatoms. The Balaban J connectivity index is 2.06. The molecule has 108 valence electrons. The van der Waals surface area contributed by atoms with Crippen LogP contribution in [0.2, 0.25) is 0 Å². The maximum Gasteiger partial charge on any atom is 0.119 e. The van der Waals surface area contributed by atoms with Crippen molar-refractivity contribution in [2.75, 3.05) is 7.11 Å². The quantitative estimate of drug-likeness (QED) is 0.910. The number of aryl methyl sites for hydroxylation is 2. The molecule has 0 aliphatic heterocycles. The maximum absolute atomic E-state index is 5.27. The molecule has 1 N–H and O–H groups in total. The van der Waals surface area contributed by atoms with E-state index in [0.29, 0.717) is 0 Å². The van der Waals surface area contributed by atoms with Crippen molar-refractivity contribution >= 4 is 0 Å². The summed E-state index contributed by atoms with van der Waals surface area (Å²) >= 11 is 0. The summed E-state index contributed by atoms with van der Waals surface area (Å²) in [6.45, 7) is 7.15.